The Morgan fingerprint density at radius 3 is 2.30 bits per heavy atom. The molecule has 20 heavy (non-hydrogen) atoms. The Bertz CT molecular complexity index is 636. The first-order valence-corrected chi connectivity index (χ1v) is 6.90. The Morgan fingerprint density at radius 2 is 1.70 bits per heavy atom. The summed E-state index contributed by atoms with van der Waals surface area (Å²) in [7, 11) is 0. The predicted octanol–water partition coefficient (Wildman–Crippen LogP) is 2.45. The van der Waals surface area contributed by atoms with E-state index in [1.807, 2.05) is 0 Å². The largest absolute Gasteiger partial charge is 0.274 e. The van der Waals surface area contributed by atoms with E-state index in [4.69, 9.17) is 0 Å². The van der Waals surface area contributed by atoms with Crippen LogP contribution in [-0.4, -0.2) is 11.8 Å². The Balaban J connectivity index is 1.80. The third-order valence-electron chi connectivity index (χ3n) is 4.88. The molecule has 0 spiro atoms. The first-order valence-electron chi connectivity index (χ1n) is 6.90. The zero-order valence-electron chi connectivity index (χ0n) is 11.0. The number of aryl methyl sites for hydroxylation is 1. The van der Waals surface area contributed by atoms with E-state index in [0.717, 1.165) is 12.0 Å². The van der Waals surface area contributed by atoms with E-state index in [0.29, 0.717) is 5.69 Å². The van der Waals surface area contributed by atoms with Crippen molar-refractivity contribution in [3.63, 3.8) is 0 Å². The number of allylic oxidation sites excluding steroid dienone is 2. The van der Waals surface area contributed by atoms with Gasteiger partial charge < -0.3 is 0 Å². The van der Waals surface area contributed by atoms with Crippen LogP contribution in [0.25, 0.3) is 0 Å². The summed E-state index contributed by atoms with van der Waals surface area (Å²) >= 11 is 0. The van der Waals surface area contributed by atoms with Crippen LogP contribution in [0, 0.1) is 36.4 Å². The maximum absolute atomic E-state index is 13.4. The minimum Gasteiger partial charge on any atom is -0.274 e. The maximum atomic E-state index is 13.4. The summed E-state index contributed by atoms with van der Waals surface area (Å²) in [6, 6.07) is 4.23. The lowest BCUT2D eigenvalue weighted by Crippen LogP contribution is -2.33. The number of halogens is 1. The van der Waals surface area contributed by atoms with Crippen molar-refractivity contribution in [1.29, 1.82) is 0 Å². The highest BCUT2D eigenvalue weighted by Gasteiger charge is 2.59. The maximum Gasteiger partial charge on any atom is 0.238 e. The number of hydrogen-bond acceptors (Lipinski definition) is 2. The summed E-state index contributed by atoms with van der Waals surface area (Å²) in [6.45, 7) is 1.79. The summed E-state index contributed by atoms with van der Waals surface area (Å²) in [4.78, 5) is 26.4. The number of hydrogen-bond donors (Lipinski definition) is 0. The van der Waals surface area contributed by atoms with Gasteiger partial charge in [0.25, 0.3) is 0 Å². The number of carbonyl (C=O) groups is 2. The molecular weight excluding hydrogens is 257 g/mol. The second-order valence-electron chi connectivity index (χ2n) is 5.94. The van der Waals surface area contributed by atoms with Crippen LogP contribution < -0.4 is 4.90 Å². The van der Waals surface area contributed by atoms with Gasteiger partial charge in [0.05, 0.1) is 17.5 Å². The van der Waals surface area contributed by atoms with Crippen LogP contribution in [0.2, 0.25) is 0 Å². The molecule has 0 radical (unpaired) electrons. The molecule has 1 aromatic carbocycles. The van der Waals surface area contributed by atoms with E-state index >= 15 is 0 Å². The summed E-state index contributed by atoms with van der Waals surface area (Å²) in [5.74, 6) is -0.860. The molecule has 3 nitrogen and oxygen atoms in total. The molecular formula is C16H14FNO2. The van der Waals surface area contributed by atoms with Crippen molar-refractivity contribution < 1.29 is 14.0 Å². The van der Waals surface area contributed by atoms with Gasteiger partial charge in [-0.25, -0.2) is 9.29 Å². The zero-order valence-corrected chi connectivity index (χ0v) is 11.0. The highest BCUT2D eigenvalue weighted by Crippen LogP contribution is 2.53. The fourth-order valence-electron chi connectivity index (χ4n) is 3.96. The van der Waals surface area contributed by atoms with Crippen LogP contribution in [0.1, 0.15) is 12.0 Å². The van der Waals surface area contributed by atoms with Gasteiger partial charge in [-0.1, -0.05) is 18.2 Å². The minimum atomic E-state index is -0.427. The number of rotatable bonds is 1. The van der Waals surface area contributed by atoms with Crippen LogP contribution in [0.3, 0.4) is 0 Å². The fourth-order valence-corrected chi connectivity index (χ4v) is 3.96. The van der Waals surface area contributed by atoms with Gasteiger partial charge in [0, 0.05) is 0 Å². The molecule has 0 aromatic heterocycles. The number of nitrogens with zero attached hydrogens (tertiary/aromatic N) is 1. The Kier molecular flexibility index (Phi) is 2.23. The molecule has 1 saturated carbocycles. The molecule has 4 atom stereocenters. The molecule has 4 rings (SSSR count). The van der Waals surface area contributed by atoms with E-state index in [-0.39, 0.29) is 35.5 Å². The van der Waals surface area contributed by atoms with E-state index in [1.165, 1.54) is 17.0 Å². The quantitative estimate of drug-likeness (QED) is 0.581. The highest BCUT2D eigenvalue weighted by atomic mass is 19.1. The Labute approximate surface area is 116 Å². The summed E-state index contributed by atoms with van der Waals surface area (Å²) < 4.78 is 13.4. The molecule has 3 aliphatic rings. The standard InChI is InChI=1S/C16H14FNO2/c1-8-2-5-11(17)7-12(8)18-15(19)13-9-3-4-10(6-9)14(13)16(18)20/h2-5,7,9-10,13-14H,6H2,1H3. The van der Waals surface area contributed by atoms with Gasteiger partial charge in [0.15, 0.2) is 0 Å². The summed E-state index contributed by atoms with van der Waals surface area (Å²) in [5, 5.41) is 0. The van der Waals surface area contributed by atoms with E-state index in [2.05, 4.69) is 12.2 Å². The first kappa shape index (κ1) is 11.8. The fraction of sp³-hybridized carbons (Fsp3) is 0.375. The average molecular weight is 271 g/mol. The lowest BCUT2D eigenvalue weighted by molar-refractivity contribution is -0.123. The normalized spacial score (nSPS) is 34.2. The predicted molar refractivity (Wildman–Crippen MR) is 71.3 cm³/mol. The third-order valence-corrected chi connectivity index (χ3v) is 4.88. The second kappa shape index (κ2) is 3.78. The van der Waals surface area contributed by atoms with Crippen molar-refractivity contribution in [3.8, 4) is 0 Å². The van der Waals surface area contributed by atoms with Crippen molar-refractivity contribution in [2.24, 2.45) is 23.7 Å². The van der Waals surface area contributed by atoms with E-state index < -0.39 is 5.82 Å². The molecule has 1 aromatic rings. The molecule has 1 aliphatic heterocycles. The monoisotopic (exact) mass is 271 g/mol. The van der Waals surface area contributed by atoms with Gasteiger partial charge in [-0.15, -0.1) is 0 Å². The number of fused-ring (bicyclic) bond motifs is 5. The van der Waals surface area contributed by atoms with Crippen molar-refractivity contribution in [2.45, 2.75) is 13.3 Å². The average Bonchev–Trinajstić information content (AvgIpc) is 3.08. The lowest BCUT2D eigenvalue weighted by atomic mass is 9.85. The summed E-state index contributed by atoms with van der Waals surface area (Å²) in [5.41, 5.74) is 1.14. The van der Waals surface area contributed by atoms with Crippen molar-refractivity contribution in [2.75, 3.05) is 4.90 Å². The molecule has 0 N–H and O–H groups in total. The molecule has 4 unspecified atom stereocenters. The molecule has 1 heterocycles. The zero-order chi connectivity index (χ0) is 14.0. The molecule has 2 fully saturated rings. The van der Waals surface area contributed by atoms with Crippen molar-refractivity contribution in [3.05, 3.63) is 41.7 Å². The van der Waals surface area contributed by atoms with Gasteiger partial charge in [0.2, 0.25) is 11.8 Å². The Hall–Kier alpha value is -1.97. The first-order chi connectivity index (χ1) is 9.58. The van der Waals surface area contributed by atoms with Gasteiger partial charge in [-0.3, -0.25) is 9.59 Å². The summed E-state index contributed by atoms with van der Waals surface area (Å²) in [6.07, 6.45) is 5.01. The molecule has 2 amide bonds. The van der Waals surface area contributed by atoms with E-state index in [9.17, 15) is 14.0 Å². The van der Waals surface area contributed by atoms with Gasteiger partial charge >= 0.3 is 0 Å². The van der Waals surface area contributed by atoms with Gasteiger partial charge in [0.1, 0.15) is 5.82 Å². The second-order valence-corrected chi connectivity index (χ2v) is 5.94. The Morgan fingerprint density at radius 1 is 1.10 bits per heavy atom. The third kappa shape index (κ3) is 1.34. The number of carbonyl (C=O) groups excluding carboxylic acids is 2. The minimum absolute atomic E-state index is 0.162. The number of anilines is 1. The van der Waals surface area contributed by atoms with Crippen LogP contribution in [0.5, 0.6) is 0 Å². The van der Waals surface area contributed by atoms with Crippen LogP contribution in [0.15, 0.2) is 30.4 Å². The van der Waals surface area contributed by atoms with Crippen molar-refractivity contribution >= 4 is 17.5 Å². The smallest absolute Gasteiger partial charge is 0.238 e. The van der Waals surface area contributed by atoms with Crippen molar-refractivity contribution in [1.82, 2.24) is 0 Å². The van der Waals surface area contributed by atoms with Crippen LogP contribution in [-0.2, 0) is 9.59 Å². The van der Waals surface area contributed by atoms with Crippen LogP contribution >= 0.6 is 0 Å². The molecule has 2 bridgehead atoms. The number of imide groups is 1. The molecule has 4 heteroatoms. The topological polar surface area (TPSA) is 37.4 Å². The highest BCUT2D eigenvalue weighted by molar-refractivity contribution is 6.23. The van der Waals surface area contributed by atoms with E-state index in [1.54, 1.807) is 13.0 Å². The number of amides is 2. The van der Waals surface area contributed by atoms with Gasteiger partial charge in [-0.2, -0.15) is 0 Å². The lowest BCUT2D eigenvalue weighted by Gasteiger charge is -2.19. The van der Waals surface area contributed by atoms with Gasteiger partial charge in [-0.05, 0) is 42.9 Å². The molecule has 102 valence electrons. The molecule has 2 aliphatic carbocycles. The number of benzene rings is 1. The van der Waals surface area contributed by atoms with Crippen LogP contribution in [0.4, 0.5) is 10.1 Å². The SMILES string of the molecule is Cc1ccc(F)cc1N1C(=O)C2C3C=CC(C3)C2C1=O. The molecule has 1 saturated heterocycles.